The van der Waals surface area contributed by atoms with Gasteiger partial charge in [-0.2, -0.15) is 0 Å². The molecule has 0 bridgehead atoms. The van der Waals surface area contributed by atoms with Crippen molar-refractivity contribution in [2.75, 3.05) is 0 Å². The van der Waals surface area contributed by atoms with Gasteiger partial charge in [0.1, 0.15) is 11.7 Å². The number of carbonyl (C=O) groups excluding carboxylic acids is 3. The van der Waals surface area contributed by atoms with E-state index in [1.54, 1.807) is 22.2 Å². The van der Waals surface area contributed by atoms with E-state index < -0.39 is 23.6 Å². The molecule has 3 N–H and O–H groups in total. The zero-order chi connectivity index (χ0) is 21.1. The van der Waals surface area contributed by atoms with Crippen LogP contribution in [0.25, 0.3) is 15.8 Å². The molecule has 0 saturated carbocycles. The van der Waals surface area contributed by atoms with E-state index in [1.807, 2.05) is 60.0 Å². The second kappa shape index (κ2) is 8.30. The molecule has 0 spiro atoms. The van der Waals surface area contributed by atoms with Crippen molar-refractivity contribution >= 4 is 39.0 Å². The van der Waals surface area contributed by atoms with Crippen LogP contribution in [0.3, 0.4) is 0 Å². The molecule has 2 amide bonds. The number of benzene rings is 2. The first kappa shape index (κ1) is 19.5. The summed E-state index contributed by atoms with van der Waals surface area (Å²) < 4.78 is 2.75. The number of amides is 2. The minimum atomic E-state index is -1.09. The Bertz CT molecular complexity index is 1230. The predicted octanol–water partition coefficient (Wildman–Crippen LogP) is 2.48. The molecule has 0 aliphatic heterocycles. The third kappa shape index (κ3) is 3.85. The van der Waals surface area contributed by atoms with Gasteiger partial charge in [0.05, 0.1) is 18.2 Å². The first-order valence-corrected chi connectivity index (χ1v) is 10.1. The molecule has 1 unspecified atom stereocenters. The summed E-state index contributed by atoms with van der Waals surface area (Å²) in [6.45, 7) is 0. The fraction of sp³-hybridized carbons (Fsp3) is 0.0909. The van der Waals surface area contributed by atoms with Crippen LogP contribution in [0.15, 0.2) is 72.5 Å². The minimum absolute atomic E-state index is 0.157. The first-order valence-electron chi connectivity index (χ1n) is 9.22. The number of nitrogens with one attached hydrogen (secondary N) is 1. The molecule has 0 radical (unpaired) electrons. The van der Waals surface area contributed by atoms with Gasteiger partial charge in [-0.05, 0) is 11.6 Å². The fourth-order valence-corrected chi connectivity index (χ4v) is 4.20. The summed E-state index contributed by atoms with van der Waals surface area (Å²) in [4.78, 5) is 41.0. The number of nitrogens with two attached hydrogens (primary N) is 1. The van der Waals surface area contributed by atoms with Crippen LogP contribution in [-0.2, 0) is 16.0 Å². The molecule has 150 valence electrons. The monoisotopic (exact) mass is 418 g/mol. The molecular formula is C22H18N4O3S. The highest BCUT2D eigenvalue weighted by Crippen LogP contribution is 2.29. The summed E-state index contributed by atoms with van der Waals surface area (Å²) >= 11 is 1.56. The topological polar surface area (TPSA) is 107 Å². The van der Waals surface area contributed by atoms with Gasteiger partial charge < -0.3 is 11.1 Å². The second-order valence-corrected chi connectivity index (χ2v) is 7.62. The van der Waals surface area contributed by atoms with Crippen molar-refractivity contribution in [3.8, 4) is 5.69 Å². The summed E-state index contributed by atoms with van der Waals surface area (Å²) in [5.74, 6) is -2.45. The number of rotatable bonds is 7. The summed E-state index contributed by atoms with van der Waals surface area (Å²) in [6.07, 6.45) is 3.13. The fourth-order valence-electron chi connectivity index (χ4n) is 3.27. The molecule has 4 rings (SSSR count). The molecule has 2 aromatic heterocycles. The third-order valence-corrected chi connectivity index (χ3v) is 5.69. The summed E-state index contributed by atoms with van der Waals surface area (Å²) in [5, 5.41) is 5.59. The number of hydrogen-bond acceptors (Lipinski definition) is 5. The third-order valence-electron chi connectivity index (χ3n) is 4.74. The number of thiophene rings is 1. The summed E-state index contributed by atoms with van der Waals surface area (Å²) in [6, 6.07) is 15.9. The Morgan fingerprint density at radius 2 is 1.80 bits per heavy atom. The number of nitrogens with zero attached hydrogens (tertiary/aromatic N) is 2. The van der Waals surface area contributed by atoms with Crippen molar-refractivity contribution in [2.24, 2.45) is 5.73 Å². The zero-order valence-electron chi connectivity index (χ0n) is 15.8. The second-order valence-electron chi connectivity index (χ2n) is 6.71. The highest BCUT2D eigenvalue weighted by Gasteiger charge is 2.27. The van der Waals surface area contributed by atoms with E-state index in [-0.39, 0.29) is 12.1 Å². The van der Waals surface area contributed by atoms with E-state index in [4.69, 9.17) is 5.73 Å². The van der Waals surface area contributed by atoms with Crippen molar-refractivity contribution < 1.29 is 14.4 Å². The molecule has 1 atom stereocenters. The van der Waals surface area contributed by atoms with E-state index >= 15 is 0 Å². The van der Waals surface area contributed by atoms with Crippen molar-refractivity contribution in [1.82, 2.24) is 14.9 Å². The van der Waals surface area contributed by atoms with Crippen LogP contribution < -0.4 is 11.1 Å². The average Bonchev–Trinajstić information content (AvgIpc) is 3.40. The lowest BCUT2D eigenvalue weighted by molar-refractivity contribution is -0.137. The maximum Gasteiger partial charge on any atom is 0.287 e. The quantitative estimate of drug-likeness (QED) is 0.450. The largest absolute Gasteiger partial charge is 0.363 e. The van der Waals surface area contributed by atoms with E-state index in [9.17, 15) is 14.4 Å². The van der Waals surface area contributed by atoms with Crippen LogP contribution >= 0.6 is 11.3 Å². The Kier molecular flexibility index (Phi) is 5.40. The molecule has 2 heterocycles. The van der Waals surface area contributed by atoms with Crippen LogP contribution in [0.1, 0.15) is 16.1 Å². The molecule has 0 aliphatic rings. The maximum atomic E-state index is 13.0. The SMILES string of the molecule is NC(=O)C(=O)C(Cc1ccccc1)NC(=O)c1cncn1-c1csc2ccccc12. The van der Waals surface area contributed by atoms with Crippen molar-refractivity contribution in [3.05, 3.63) is 83.8 Å². The van der Waals surface area contributed by atoms with E-state index in [1.165, 1.54) is 6.20 Å². The van der Waals surface area contributed by atoms with Crippen molar-refractivity contribution in [1.29, 1.82) is 0 Å². The van der Waals surface area contributed by atoms with Gasteiger partial charge in [0, 0.05) is 21.9 Å². The van der Waals surface area contributed by atoms with Gasteiger partial charge in [-0.25, -0.2) is 4.98 Å². The number of ketones is 1. The van der Waals surface area contributed by atoms with E-state index in [0.717, 1.165) is 21.3 Å². The normalized spacial score (nSPS) is 11.9. The highest BCUT2D eigenvalue weighted by molar-refractivity contribution is 7.17. The maximum absolute atomic E-state index is 13.0. The Labute approximate surface area is 176 Å². The number of Topliss-reactive ketones (excluding diaryl/α,β-unsaturated/α-hetero) is 1. The van der Waals surface area contributed by atoms with Gasteiger partial charge in [-0.3, -0.25) is 19.0 Å². The lowest BCUT2D eigenvalue weighted by Gasteiger charge is -2.17. The van der Waals surface area contributed by atoms with Crippen LogP contribution in [0, 0.1) is 0 Å². The average molecular weight is 418 g/mol. The number of primary amides is 1. The summed E-state index contributed by atoms with van der Waals surface area (Å²) in [5.41, 5.74) is 7.08. The number of aromatic nitrogens is 2. The van der Waals surface area contributed by atoms with Gasteiger partial charge >= 0.3 is 0 Å². The standard InChI is InChI=1S/C22H18N4O3S/c23-21(28)20(27)16(10-14-6-2-1-3-7-14)25-22(29)17-11-24-13-26(17)18-12-30-19-9-5-4-8-15(18)19/h1-9,11-13,16H,10H2,(H2,23,28)(H,25,29). The lowest BCUT2D eigenvalue weighted by atomic mass is 10.0. The zero-order valence-corrected chi connectivity index (χ0v) is 16.6. The predicted molar refractivity (Wildman–Crippen MR) is 115 cm³/mol. The van der Waals surface area contributed by atoms with Gasteiger partial charge in [0.15, 0.2) is 0 Å². The number of hydrogen-bond donors (Lipinski definition) is 2. The molecule has 0 fully saturated rings. The molecule has 4 aromatic rings. The van der Waals surface area contributed by atoms with Crippen LogP contribution in [0.4, 0.5) is 0 Å². The minimum Gasteiger partial charge on any atom is -0.363 e. The van der Waals surface area contributed by atoms with Gasteiger partial charge in [0.2, 0.25) is 5.78 Å². The Balaban J connectivity index is 1.63. The van der Waals surface area contributed by atoms with Crippen molar-refractivity contribution in [2.45, 2.75) is 12.5 Å². The van der Waals surface area contributed by atoms with Gasteiger partial charge in [-0.1, -0.05) is 48.5 Å². The Morgan fingerprint density at radius 3 is 2.57 bits per heavy atom. The summed E-state index contributed by atoms with van der Waals surface area (Å²) in [7, 11) is 0. The number of carbonyl (C=O) groups is 3. The molecular weight excluding hydrogens is 400 g/mol. The molecule has 7 nitrogen and oxygen atoms in total. The van der Waals surface area contributed by atoms with Gasteiger partial charge in [-0.15, -0.1) is 11.3 Å². The van der Waals surface area contributed by atoms with Crippen LogP contribution in [0.2, 0.25) is 0 Å². The molecule has 30 heavy (non-hydrogen) atoms. The number of imidazole rings is 1. The highest BCUT2D eigenvalue weighted by atomic mass is 32.1. The van der Waals surface area contributed by atoms with Crippen LogP contribution in [0.5, 0.6) is 0 Å². The van der Waals surface area contributed by atoms with E-state index in [2.05, 4.69) is 10.3 Å². The number of fused-ring (bicyclic) bond motifs is 1. The molecule has 0 aliphatic carbocycles. The first-order chi connectivity index (χ1) is 14.5. The molecule has 2 aromatic carbocycles. The van der Waals surface area contributed by atoms with Crippen LogP contribution in [-0.4, -0.2) is 33.2 Å². The molecule has 8 heteroatoms. The van der Waals surface area contributed by atoms with E-state index in [0.29, 0.717) is 0 Å². The lowest BCUT2D eigenvalue weighted by Crippen LogP contribution is -2.47. The smallest absolute Gasteiger partial charge is 0.287 e. The molecule has 0 saturated heterocycles. The van der Waals surface area contributed by atoms with Gasteiger partial charge in [0.25, 0.3) is 11.8 Å². The van der Waals surface area contributed by atoms with Crippen molar-refractivity contribution in [3.63, 3.8) is 0 Å². The Hall–Kier alpha value is -3.78. The Morgan fingerprint density at radius 1 is 1.07 bits per heavy atom.